The topological polar surface area (TPSA) is 3.24 Å². The third-order valence-corrected chi connectivity index (χ3v) is 11.0. The molecular formula is C46H29NS. The Balaban J connectivity index is 1.18. The molecule has 0 amide bonds. The molecule has 48 heavy (non-hydrogen) atoms. The van der Waals surface area contributed by atoms with E-state index in [0.717, 1.165) is 17.1 Å². The summed E-state index contributed by atoms with van der Waals surface area (Å²) in [6.07, 6.45) is 0. The van der Waals surface area contributed by atoms with Crippen LogP contribution in [0.3, 0.4) is 0 Å². The molecule has 0 bridgehead atoms. The Labute approximate surface area is 282 Å². The Morgan fingerprint density at radius 3 is 1.73 bits per heavy atom. The van der Waals surface area contributed by atoms with E-state index in [1.807, 2.05) is 11.3 Å². The van der Waals surface area contributed by atoms with Gasteiger partial charge >= 0.3 is 0 Å². The first kappa shape index (κ1) is 27.2. The second-order valence-corrected chi connectivity index (χ2v) is 13.6. The van der Waals surface area contributed by atoms with Crippen molar-refractivity contribution in [2.45, 2.75) is 0 Å². The number of benzene rings is 9. The maximum atomic E-state index is 2.41. The van der Waals surface area contributed by atoms with Crippen LogP contribution in [0.5, 0.6) is 0 Å². The molecule has 10 aromatic rings. The molecule has 0 aliphatic rings. The van der Waals surface area contributed by atoms with E-state index in [2.05, 4.69) is 181 Å². The molecule has 0 saturated carbocycles. The lowest BCUT2D eigenvalue weighted by atomic mass is 9.96. The minimum Gasteiger partial charge on any atom is -0.310 e. The van der Waals surface area contributed by atoms with Crippen molar-refractivity contribution in [2.75, 3.05) is 4.90 Å². The van der Waals surface area contributed by atoms with Crippen LogP contribution in [-0.2, 0) is 0 Å². The molecule has 9 aromatic carbocycles. The van der Waals surface area contributed by atoms with Crippen LogP contribution in [0.1, 0.15) is 0 Å². The molecule has 1 nitrogen and oxygen atoms in total. The van der Waals surface area contributed by atoms with Gasteiger partial charge in [-0.2, -0.15) is 0 Å². The summed E-state index contributed by atoms with van der Waals surface area (Å²) in [5.74, 6) is 0. The molecule has 2 heteroatoms. The Kier molecular flexibility index (Phi) is 6.12. The maximum absolute atomic E-state index is 2.41. The van der Waals surface area contributed by atoms with Gasteiger partial charge in [0, 0.05) is 37.2 Å². The summed E-state index contributed by atoms with van der Waals surface area (Å²) in [5, 5.41) is 12.9. The van der Waals surface area contributed by atoms with E-state index >= 15 is 0 Å². The fraction of sp³-hybridized carbons (Fsp3) is 0. The summed E-state index contributed by atoms with van der Waals surface area (Å²) in [6.45, 7) is 0. The van der Waals surface area contributed by atoms with E-state index in [1.165, 1.54) is 74.4 Å². The predicted molar refractivity (Wildman–Crippen MR) is 209 cm³/mol. The summed E-state index contributed by atoms with van der Waals surface area (Å²) in [6, 6.07) is 64.5. The van der Waals surface area contributed by atoms with E-state index in [0.29, 0.717) is 0 Å². The highest BCUT2D eigenvalue weighted by molar-refractivity contribution is 7.26. The molecular weight excluding hydrogens is 599 g/mol. The number of anilines is 3. The van der Waals surface area contributed by atoms with Crippen LogP contribution >= 0.6 is 11.3 Å². The normalized spacial score (nSPS) is 11.8. The largest absolute Gasteiger partial charge is 0.310 e. The number of fused-ring (bicyclic) bond motifs is 10. The lowest BCUT2D eigenvalue weighted by molar-refractivity contribution is 1.30. The average molecular weight is 628 g/mol. The van der Waals surface area contributed by atoms with Crippen molar-refractivity contribution in [3.8, 4) is 11.1 Å². The summed E-state index contributed by atoms with van der Waals surface area (Å²) < 4.78 is 2.66. The van der Waals surface area contributed by atoms with Gasteiger partial charge in [0.25, 0.3) is 0 Å². The standard InChI is InChI=1S/C46H29NS/c1-2-8-30(9-3-1)31-18-21-36(22-19-31)47(38-24-27-44-43(29-38)42-25-20-33-11-5-7-13-41(33)46(42)48-44)37-23-26-40-35(28-37)17-16-34-15-14-32-10-4-6-12-39(32)45(34)40/h1-29H. The van der Waals surface area contributed by atoms with Crippen molar-refractivity contribution in [3.05, 3.63) is 176 Å². The number of nitrogens with zero attached hydrogens (tertiary/aromatic N) is 1. The van der Waals surface area contributed by atoms with Gasteiger partial charge in [0.1, 0.15) is 0 Å². The van der Waals surface area contributed by atoms with Gasteiger partial charge in [-0.1, -0.05) is 133 Å². The second kappa shape index (κ2) is 10.8. The zero-order chi connectivity index (χ0) is 31.6. The lowest BCUT2D eigenvalue weighted by Crippen LogP contribution is -2.09. The summed E-state index contributed by atoms with van der Waals surface area (Å²) in [5.41, 5.74) is 5.85. The van der Waals surface area contributed by atoms with E-state index in [1.54, 1.807) is 0 Å². The van der Waals surface area contributed by atoms with Crippen molar-refractivity contribution < 1.29 is 0 Å². The predicted octanol–water partition coefficient (Wildman–Crippen LogP) is 13.8. The molecule has 0 atom stereocenters. The van der Waals surface area contributed by atoms with Crippen LogP contribution in [0.2, 0.25) is 0 Å². The van der Waals surface area contributed by atoms with E-state index in [9.17, 15) is 0 Å². The fourth-order valence-corrected chi connectivity index (χ4v) is 8.69. The van der Waals surface area contributed by atoms with Crippen molar-refractivity contribution >= 4 is 91.7 Å². The molecule has 0 N–H and O–H groups in total. The molecule has 0 aliphatic heterocycles. The minimum absolute atomic E-state index is 1.13. The number of thiophene rings is 1. The van der Waals surface area contributed by atoms with Gasteiger partial charge < -0.3 is 4.90 Å². The summed E-state index contributed by atoms with van der Waals surface area (Å²) >= 11 is 1.89. The molecule has 0 saturated heterocycles. The molecule has 0 radical (unpaired) electrons. The first-order chi connectivity index (χ1) is 23.8. The van der Waals surface area contributed by atoms with Crippen molar-refractivity contribution in [3.63, 3.8) is 0 Å². The highest BCUT2D eigenvalue weighted by atomic mass is 32.1. The summed E-state index contributed by atoms with van der Waals surface area (Å²) in [7, 11) is 0. The Bertz CT molecular complexity index is 2830. The number of rotatable bonds is 4. The highest BCUT2D eigenvalue weighted by Crippen LogP contribution is 2.44. The molecule has 1 aromatic heterocycles. The smallest absolute Gasteiger partial charge is 0.0468 e. The van der Waals surface area contributed by atoms with E-state index in [4.69, 9.17) is 0 Å². The van der Waals surface area contributed by atoms with Crippen LogP contribution in [0, 0.1) is 0 Å². The first-order valence-electron chi connectivity index (χ1n) is 16.4. The molecule has 0 unspecified atom stereocenters. The van der Waals surface area contributed by atoms with Crippen LogP contribution in [0.15, 0.2) is 176 Å². The fourth-order valence-electron chi connectivity index (χ4n) is 7.47. The number of hydrogen-bond donors (Lipinski definition) is 0. The molecule has 10 rings (SSSR count). The Morgan fingerprint density at radius 2 is 0.896 bits per heavy atom. The quantitative estimate of drug-likeness (QED) is 0.176. The molecule has 1 heterocycles. The van der Waals surface area contributed by atoms with Crippen molar-refractivity contribution in [1.82, 2.24) is 0 Å². The van der Waals surface area contributed by atoms with Crippen LogP contribution in [-0.4, -0.2) is 0 Å². The highest BCUT2D eigenvalue weighted by Gasteiger charge is 2.17. The Morgan fingerprint density at radius 1 is 0.333 bits per heavy atom. The molecule has 0 fully saturated rings. The minimum atomic E-state index is 1.13. The van der Waals surface area contributed by atoms with Crippen molar-refractivity contribution in [1.29, 1.82) is 0 Å². The second-order valence-electron chi connectivity index (χ2n) is 12.6. The van der Waals surface area contributed by atoms with Gasteiger partial charge in [0.05, 0.1) is 0 Å². The van der Waals surface area contributed by atoms with Gasteiger partial charge in [-0.15, -0.1) is 11.3 Å². The lowest BCUT2D eigenvalue weighted by Gasteiger charge is -2.26. The van der Waals surface area contributed by atoms with E-state index in [-0.39, 0.29) is 0 Å². The van der Waals surface area contributed by atoms with Crippen molar-refractivity contribution in [2.24, 2.45) is 0 Å². The monoisotopic (exact) mass is 627 g/mol. The molecule has 224 valence electrons. The molecule has 0 spiro atoms. The van der Waals surface area contributed by atoms with Gasteiger partial charge in [-0.25, -0.2) is 0 Å². The zero-order valence-corrected chi connectivity index (χ0v) is 26.9. The zero-order valence-electron chi connectivity index (χ0n) is 26.1. The average Bonchev–Trinajstić information content (AvgIpc) is 3.54. The van der Waals surface area contributed by atoms with Gasteiger partial charge in [-0.05, 0) is 96.7 Å². The SMILES string of the molecule is c1ccc(-c2ccc(N(c3ccc4c(ccc5ccc6ccccc6c54)c3)c3ccc4sc5c6ccccc6ccc5c4c3)cc2)cc1. The van der Waals surface area contributed by atoms with Gasteiger partial charge in [0.2, 0.25) is 0 Å². The van der Waals surface area contributed by atoms with Crippen LogP contribution in [0.25, 0.3) is 74.4 Å². The first-order valence-corrected chi connectivity index (χ1v) is 17.2. The van der Waals surface area contributed by atoms with E-state index < -0.39 is 0 Å². The Hall–Kier alpha value is -5.96. The molecule has 0 aliphatic carbocycles. The van der Waals surface area contributed by atoms with Crippen LogP contribution in [0.4, 0.5) is 17.1 Å². The van der Waals surface area contributed by atoms with Crippen LogP contribution < -0.4 is 4.90 Å². The van der Waals surface area contributed by atoms with Gasteiger partial charge in [-0.3, -0.25) is 0 Å². The maximum Gasteiger partial charge on any atom is 0.0468 e. The summed E-state index contributed by atoms with van der Waals surface area (Å²) in [4.78, 5) is 2.41. The third kappa shape index (κ3) is 4.31. The third-order valence-electron chi connectivity index (χ3n) is 9.80. The van der Waals surface area contributed by atoms with Gasteiger partial charge in [0.15, 0.2) is 0 Å². The number of hydrogen-bond acceptors (Lipinski definition) is 2.